The number of rotatable bonds is 3. The number of aryl methyl sites for hydroxylation is 1. The van der Waals surface area contributed by atoms with Gasteiger partial charge in [0.15, 0.2) is 0 Å². The van der Waals surface area contributed by atoms with Crippen molar-refractivity contribution in [3.05, 3.63) is 83.1 Å². The molecular formula is C24H21N3O3. The average Bonchev–Trinajstić information content (AvgIpc) is 2.79. The van der Waals surface area contributed by atoms with Crippen LogP contribution in [-0.4, -0.2) is 23.8 Å². The number of hydrogen-bond donors (Lipinski definition) is 1. The molecule has 0 radical (unpaired) electrons. The van der Waals surface area contributed by atoms with Crippen LogP contribution < -0.4 is 19.7 Å². The van der Waals surface area contributed by atoms with Crippen LogP contribution in [0.4, 0.5) is 0 Å². The second-order valence-corrected chi connectivity index (χ2v) is 7.30. The molecule has 150 valence electrons. The van der Waals surface area contributed by atoms with Gasteiger partial charge in [0.25, 0.3) is 0 Å². The highest BCUT2D eigenvalue weighted by molar-refractivity contribution is 5.91. The standard InChI is InChI=1S/C24H21N3O3/c1-27-13-26-24-22(23(27)25)20(15-5-8-16(28-2)9-6-15)21-18-12-17(29-3)10-4-14(18)7-11-19(21)30-24/h4-13,20,25H,1-3H3. The van der Waals surface area contributed by atoms with E-state index in [1.54, 1.807) is 25.1 Å². The fourth-order valence-corrected chi connectivity index (χ4v) is 4.09. The van der Waals surface area contributed by atoms with Crippen LogP contribution in [0, 0.1) is 5.41 Å². The summed E-state index contributed by atoms with van der Waals surface area (Å²) >= 11 is 0. The third-order valence-corrected chi connectivity index (χ3v) is 5.65. The van der Waals surface area contributed by atoms with Gasteiger partial charge in [0, 0.05) is 18.5 Å². The number of fused-ring (bicyclic) bond motifs is 4. The van der Waals surface area contributed by atoms with E-state index >= 15 is 0 Å². The molecule has 1 aliphatic rings. The van der Waals surface area contributed by atoms with Gasteiger partial charge in [0.05, 0.1) is 26.1 Å². The first-order valence-electron chi connectivity index (χ1n) is 9.63. The van der Waals surface area contributed by atoms with E-state index in [0.29, 0.717) is 11.4 Å². The van der Waals surface area contributed by atoms with E-state index in [0.717, 1.165) is 44.7 Å². The summed E-state index contributed by atoms with van der Waals surface area (Å²) in [5.41, 5.74) is 3.16. The Bertz CT molecular complexity index is 1330. The molecule has 0 fully saturated rings. The van der Waals surface area contributed by atoms with E-state index in [9.17, 15) is 0 Å². The maximum Gasteiger partial charge on any atom is 0.228 e. The predicted molar refractivity (Wildman–Crippen MR) is 114 cm³/mol. The Hall–Kier alpha value is -3.80. The smallest absolute Gasteiger partial charge is 0.228 e. The van der Waals surface area contributed by atoms with Crippen molar-refractivity contribution in [1.82, 2.24) is 9.55 Å². The maximum atomic E-state index is 8.75. The summed E-state index contributed by atoms with van der Waals surface area (Å²) in [7, 11) is 5.14. The molecule has 0 amide bonds. The molecule has 3 aromatic carbocycles. The van der Waals surface area contributed by atoms with Crippen LogP contribution in [0.3, 0.4) is 0 Å². The zero-order valence-corrected chi connectivity index (χ0v) is 17.0. The summed E-state index contributed by atoms with van der Waals surface area (Å²) < 4.78 is 18.7. The van der Waals surface area contributed by atoms with E-state index in [4.69, 9.17) is 19.6 Å². The van der Waals surface area contributed by atoms with Gasteiger partial charge in [-0.15, -0.1) is 0 Å². The lowest BCUT2D eigenvalue weighted by atomic mass is 9.81. The molecule has 1 unspecified atom stereocenters. The average molecular weight is 399 g/mol. The second-order valence-electron chi connectivity index (χ2n) is 7.30. The van der Waals surface area contributed by atoms with Gasteiger partial charge in [0.2, 0.25) is 5.88 Å². The SMILES string of the molecule is COc1ccc(C2c3c(ncn(C)c3=N)Oc3ccc4ccc(OC)cc4c32)cc1. The van der Waals surface area contributed by atoms with E-state index in [1.165, 1.54) is 0 Å². The highest BCUT2D eigenvalue weighted by atomic mass is 16.5. The Morgan fingerprint density at radius 3 is 2.37 bits per heavy atom. The fourth-order valence-electron chi connectivity index (χ4n) is 4.09. The molecule has 5 rings (SSSR count). The van der Waals surface area contributed by atoms with Crippen LogP contribution in [0.2, 0.25) is 0 Å². The van der Waals surface area contributed by atoms with Crippen molar-refractivity contribution in [2.24, 2.45) is 7.05 Å². The molecule has 0 spiro atoms. The van der Waals surface area contributed by atoms with Crippen LogP contribution in [-0.2, 0) is 7.05 Å². The van der Waals surface area contributed by atoms with E-state index in [2.05, 4.69) is 4.98 Å². The minimum atomic E-state index is -0.210. The van der Waals surface area contributed by atoms with Crippen LogP contribution >= 0.6 is 0 Å². The minimum Gasteiger partial charge on any atom is -0.497 e. The number of ether oxygens (including phenoxy) is 3. The van der Waals surface area contributed by atoms with Crippen molar-refractivity contribution in [3.63, 3.8) is 0 Å². The topological polar surface area (TPSA) is 69.4 Å². The first kappa shape index (κ1) is 18.2. The molecule has 2 heterocycles. The van der Waals surface area contributed by atoms with Crippen LogP contribution in [0.15, 0.2) is 60.9 Å². The molecule has 30 heavy (non-hydrogen) atoms. The van der Waals surface area contributed by atoms with Crippen LogP contribution in [0.5, 0.6) is 23.1 Å². The van der Waals surface area contributed by atoms with Gasteiger partial charge >= 0.3 is 0 Å². The molecule has 1 atom stereocenters. The Kier molecular flexibility index (Phi) is 4.20. The van der Waals surface area contributed by atoms with E-state index in [1.807, 2.05) is 61.6 Å². The molecule has 0 aliphatic carbocycles. The lowest BCUT2D eigenvalue weighted by molar-refractivity contribution is 0.414. The van der Waals surface area contributed by atoms with Gasteiger partial charge in [-0.25, -0.2) is 4.98 Å². The van der Waals surface area contributed by atoms with Gasteiger partial charge in [-0.1, -0.05) is 24.3 Å². The lowest BCUT2D eigenvalue weighted by Crippen LogP contribution is -2.28. The molecule has 1 aromatic heterocycles. The highest BCUT2D eigenvalue weighted by Gasteiger charge is 2.33. The molecule has 4 aromatic rings. The Morgan fingerprint density at radius 2 is 1.63 bits per heavy atom. The van der Waals surface area contributed by atoms with Gasteiger partial charge in [-0.3, -0.25) is 5.41 Å². The second kappa shape index (κ2) is 6.91. The Morgan fingerprint density at radius 1 is 0.933 bits per heavy atom. The molecule has 1 aliphatic heterocycles. The predicted octanol–water partition coefficient (Wildman–Crippen LogP) is 4.36. The van der Waals surface area contributed by atoms with Crippen LogP contribution in [0.25, 0.3) is 10.8 Å². The van der Waals surface area contributed by atoms with E-state index < -0.39 is 0 Å². The molecule has 0 bridgehead atoms. The van der Waals surface area contributed by atoms with Crippen molar-refractivity contribution in [2.45, 2.75) is 5.92 Å². The summed E-state index contributed by atoms with van der Waals surface area (Å²) in [6.07, 6.45) is 1.61. The number of hydrogen-bond acceptors (Lipinski definition) is 5. The maximum absolute atomic E-state index is 8.75. The van der Waals surface area contributed by atoms with Crippen molar-refractivity contribution in [1.29, 1.82) is 5.41 Å². The van der Waals surface area contributed by atoms with Gasteiger partial charge in [-0.05, 0) is 46.7 Å². The lowest BCUT2D eigenvalue weighted by Gasteiger charge is -2.29. The van der Waals surface area contributed by atoms with E-state index in [-0.39, 0.29) is 5.92 Å². The van der Waals surface area contributed by atoms with Gasteiger partial charge < -0.3 is 18.8 Å². The largest absolute Gasteiger partial charge is 0.497 e. The third-order valence-electron chi connectivity index (χ3n) is 5.65. The number of aromatic nitrogens is 2. The number of methoxy groups -OCH3 is 2. The summed E-state index contributed by atoms with van der Waals surface area (Å²) in [4.78, 5) is 4.47. The zero-order chi connectivity index (χ0) is 20.8. The molecule has 1 N–H and O–H groups in total. The van der Waals surface area contributed by atoms with Crippen molar-refractivity contribution in [3.8, 4) is 23.1 Å². The quantitative estimate of drug-likeness (QED) is 0.490. The van der Waals surface area contributed by atoms with Crippen molar-refractivity contribution in [2.75, 3.05) is 14.2 Å². The summed E-state index contributed by atoms with van der Waals surface area (Å²) in [5, 5.41) is 10.9. The fraction of sp³-hybridized carbons (Fsp3) is 0.167. The summed E-state index contributed by atoms with van der Waals surface area (Å²) in [5.74, 6) is 2.56. The summed E-state index contributed by atoms with van der Waals surface area (Å²) in [6.45, 7) is 0. The zero-order valence-electron chi connectivity index (χ0n) is 17.0. The minimum absolute atomic E-state index is 0.210. The Labute approximate surface area is 173 Å². The third kappa shape index (κ3) is 2.72. The first-order valence-corrected chi connectivity index (χ1v) is 9.63. The van der Waals surface area contributed by atoms with Gasteiger partial charge in [-0.2, -0.15) is 0 Å². The number of nitrogens with one attached hydrogen (secondary N) is 1. The molecule has 6 nitrogen and oxygen atoms in total. The Balaban J connectivity index is 1.86. The van der Waals surface area contributed by atoms with Crippen LogP contribution in [0.1, 0.15) is 22.6 Å². The number of benzene rings is 3. The molecule has 0 saturated heterocycles. The number of nitrogens with zero attached hydrogens (tertiary/aromatic N) is 2. The first-order chi connectivity index (χ1) is 14.6. The van der Waals surface area contributed by atoms with Crippen molar-refractivity contribution >= 4 is 10.8 Å². The molecule has 6 heteroatoms. The monoisotopic (exact) mass is 399 g/mol. The molecule has 0 saturated carbocycles. The summed E-state index contributed by atoms with van der Waals surface area (Å²) in [6, 6.07) is 18.0. The highest BCUT2D eigenvalue weighted by Crippen LogP contribution is 2.48. The molecular weight excluding hydrogens is 378 g/mol. The van der Waals surface area contributed by atoms with Crippen molar-refractivity contribution < 1.29 is 14.2 Å². The normalized spacial score (nSPS) is 14.6. The van der Waals surface area contributed by atoms with Gasteiger partial charge in [0.1, 0.15) is 22.7 Å².